The van der Waals surface area contributed by atoms with E-state index in [0.717, 1.165) is 12.8 Å². The van der Waals surface area contributed by atoms with Crippen molar-refractivity contribution < 1.29 is 14.6 Å². The number of benzene rings is 1. The molecule has 0 aliphatic heterocycles. The minimum atomic E-state index is -0.0958. The molecule has 0 saturated carbocycles. The highest BCUT2D eigenvalue weighted by atomic mass is 16.5. The number of hydrogen-bond acceptors (Lipinski definition) is 4. The lowest BCUT2D eigenvalue weighted by Gasteiger charge is -2.05. The van der Waals surface area contributed by atoms with Gasteiger partial charge in [-0.2, -0.15) is 5.10 Å². The Balaban J connectivity index is 2.13. The van der Waals surface area contributed by atoms with E-state index >= 15 is 0 Å². The first kappa shape index (κ1) is 21.0. The van der Waals surface area contributed by atoms with Gasteiger partial charge in [0.15, 0.2) is 11.5 Å². The zero-order chi connectivity index (χ0) is 18.3. The monoisotopic (exact) mass is 348 g/mol. The highest BCUT2D eigenvalue weighted by Gasteiger charge is 2.05. The Morgan fingerprint density at radius 2 is 1.76 bits per heavy atom. The summed E-state index contributed by atoms with van der Waals surface area (Å²) < 4.78 is 5.03. The van der Waals surface area contributed by atoms with Crippen molar-refractivity contribution in [1.29, 1.82) is 0 Å². The van der Waals surface area contributed by atoms with Gasteiger partial charge >= 0.3 is 0 Å². The van der Waals surface area contributed by atoms with E-state index in [-0.39, 0.29) is 11.7 Å². The van der Waals surface area contributed by atoms with Crippen molar-refractivity contribution in [3.8, 4) is 11.5 Å². The predicted molar refractivity (Wildman–Crippen MR) is 102 cm³/mol. The summed E-state index contributed by atoms with van der Waals surface area (Å²) in [4.78, 5) is 11.7. The molecule has 0 bridgehead atoms. The number of phenolic OH excluding ortho intramolecular Hbond substituents is 1. The van der Waals surface area contributed by atoms with Crippen molar-refractivity contribution in [3.05, 3.63) is 23.8 Å². The highest BCUT2D eigenvalue weighted by molar-refractivity contribution is 5.86. The van der Waals surface area contributed by atoms with E-state index in [4.69, 9.17) is 4.74 Å². The second-order valence-corrected chi connectivity index (χ2v) is 6.27. The summed E-state index contributed by atoms with van der Waals surface area (Å²) in [5.74, 6) is 0.300. The predicted octanol–water partition coefficient (Wildman–Crippen LogP) is 4.77. The maximum Gasteiger partial charge on any atom is 0.240 e. The van der Waals surface area contributed by atoms with Crippen LogP contribution < -0.4 is 10.2 Å². The highest BCUT2D eigenvalue weighted by Crippen LogP contribution is 2.27. The smallest absolute Gasteiger partial charge is 0.240 e. The summed E-state index contributed by atoms with van der Waals surface area (Å²) in [5, 5.41) is 13.8. The molecule has 0 saturated heterocycles. The Morgan fingerprint density at radius 1 is 1.12 bits per heavy atom. The quantitative estimate of drug-likeness (QED) is 0.306. The molecule has 1 aromatic rings. The van der Waals surface area contributed by atoms with Crippen LogP contribution in [0.4, 0.5) is 0 Å². The fourth-order valence-corrected chi connectivity index (χ4v) is 2.63. The average Bonchev–Trinajstić information content (AvgIpc) is 2.62. The van der Waals surface area contributed by atoms with Crippen LogP contribution in [0, 0.1) is 0 Å². The van der Waals surface area contributed by atoms with Crippen molar-refractivity contribution in [2.45, 2.75) is 71.1 Å². The molecule has 5 heteroatoms. The van der Waals surface area contributed by atoms with E-state index in [1.165, 1.54) is 58.3 Å². The van der Waals surface area contributed by atoms with Crippen LogP contribution in [0.25, 0.3) is 0 Å². The van der Waals surface area contributed by atoms with Gasteiger partial charge in [-0.1, -0.05) is 64.4 Å². The number of carbonyl (C=O) groups excluding carboxylic acids is 1. The van der Waals surface area contributed by atoms with Crippen LogP contribution in [0.2, 0.25) is 0 Å². The molecule has 25 heavy (non-hydrogen) atoms. The van der Waals surface area contributed by atoms with Crippen LogP contribution in [0.15, 0.2) is 23.3 Å². The van der Waals surface area contributed by atoms with Gasteiger partial charge in [0.05, 0.1) is 13.3 Å². The number of hydrazone groups is 1. The van der Waals surface area contributed by atoms with Crippen LogP contribution >= 0.6 is 0 Å². The van der Waals surface area contributed by atoms with E-state index in [1.807, 2.05) is 0 Å². The Labute approximate surface area is 151 Å². The van der Waals surface area contributed by atoms with E-state index in [2.05, 4.69) is 17.5 Å². The maximum atomic E-state index is 11.7. The van der Waals surface area contributed by atoms with Gasteiger partial charge in [0.25, 0.3) is 0 Å². The lowest BCUT2D eigenvalue weighted by molar-refractivity contribution is -0.121. The molecule has 1 aromatic carbocycles. The average molecular weight is 348 g/mol. The zero-order valence-corrected chi connectivity index (χ0v) is 15.6. The third-order valence-electron chi connectivity index (χ3n) is 4.15. The summed E-state index contributed by atoms with van der Waals surface area (Å²) in [6.45, 7) is 2.23. The second kappa shape index (κ2) is 13.3. The van der Waals surface area contributed by atoms with Gasteiger partial charge in [0.1, 0.15) is 0 Å². The molecule has 2 N–H and O–H groups in total. The number of aromatic hydroxyl groups is 1. The van der Waals surface area contributed by atoms with Crippen molar-refractivity contribution in [2.75, 3.05) is 7.11 Å². The largest absolute Gasteiger partial charge is 0.504 e. The second-order valence-electron chi connectivity index (χ2n) is 6.27. The number of unbranched alkanes of at least 4 members (excludes halogenated alkanes) is 8. The number of para-hydroxylation sites is 1. The molecule has 0 atom stereocenters. The van der Waals surface area contributed by atoms with Gasteiger partial charge in [-0.15, -0.1) is 0 Å². The molecule has 1 amide bonds. The van der Waals surface area contributed by atoms with Crippen molar-refractivity contribution >= 4 is 12.1 Å². The van der Waals surface area contributed by atoms with Crippen LogP contribution in [0.5, 0.6) is 11.5 Å². The number of phenols is 1. The van der Waals surface area contributed by atoms with Gasteiger partial charge in [-0.3, -0.25) is 4.79 Å². The summed E-state index contributed by atoms with van der Waals surface area (Å²) in [5.41, 5.74) is 3.00. The standard InChI is InChI=1S/C20H32N2O3/c1-3-4-5-6-7-8-9-10-11-15-19(23)22-21-16-17-13-12-14-18(25-2)20(17)24/h12-14,16,24H,3-11,15H2,1-2H3,(H,22,23). The summed E-state index contributed by atoms with van der Waals surface area (Å²) in [6, 6.07) is 5.12. The fraction of sp³-hybridized carbons (Fsp3) is 0.600. The minimum Gasteiger partial charge on any atom is -0.504 e. The van der Waals surface area contributed by atoms with Crippen LogP contribution in [-0.4, -0.2) is 24.3 Å². The molecule has 5 nitrogen and oxygen atoms in total. The molecule has 1 rings (SSSR count). The number of ether oxygens (including phenoxy) is 1. The number of rotatable bonds is 13. The molecule has 0 radical (unpaired) electrons. The first-order valence-electron chi connectivity index (χ1n) is 9.37. The Bertz CT molecular complexity index is 530. The molecular formula is C20H32N2O3. The fourth-order valence-electron chi connectivity index (χ4n) is 2.63. The van der Waals surface area contributed by atoms with E-state index in [0.29, 0.717) is 17.7 Å². The molecule has 0 fully saturated rings. The topological polar surface area (TPSA) is 70.9 Å². The van der Waals surface area contributed by atoms with Crippen LogP contribution in [0.3, 0.4) is 0 Å². The molecule has 0 heterocycles. The van der Waals surface area contributed by atoms with Gasteiger partial charge in [0, 0.05) is 12.0 Å². The Kier molecular flexibility index (Phi) is 11.2. The van der Waals surface area contributed by atoms with Gasteiger partial charge in [0.2, 0.25) is 5.91 Å². The molecule has 0 aromatic heterocycles. The number of hydrogen-bond donors (Lipinski definition) is 2. The molecule has 140 valence electrons. The first-order chi connectivity index (χ1) is 12.2. The van der Waals surface area contributed by atoms with Gasteiger partial charge in [-0.05, 0) is 18.6 Å². The van der Waals surface area contributed by atoms with Gasteiger partial charge in [-0.25, -0.2) is 5.43 Å². The summed E-state index contributed by atoms with van der Waals surface area (Å²) in [6.07, 6.45) is 13.0. The third kappa shape index (κ3) is 9.13. The molecular weight excluding hydrogens is 316 g/mol. The van der Waals surface area contributed by atoms with Crippen molar-refractivity contribution in [3.63, 3.8) is 0 Å². The van der Waals surface area contributed by atoms with Gasteiger partial charge < -0.3 is 9.84 Å². The zero-order valence-electron chi connectivity index (χ0n) is 15.6. The Hall–Kier alpha value is -2.04. The Morgan fingerprint density at radius 3 is 2.40 bits per heavy atom. The number of amides is 1. The number of carbonyl (C=O) groups is 1. The maximum absolute atomic E-state index is 11.7. The summed E-state index contributed by atoms with van der Waals surface area (Å²) in [7, 11) is 1.49. The molecule has 0 unspecified atom stereocenters. The van der Waals surface area contributed by atoms with E-state index in [1.54, 1.807) is 18.2 Å². The summed E-state index contributed by atoms with van der Waals surface area (Å²) >= 11 is 0. The SMILES string of the molecule is CCCCCCCCCCCC(=O)NN=Cc1cccc(OC)c1O. The molecule has 0 aliphatic rings. The van der Waals surface area contributed by atoms with E-state index in [9.17, 15) is 9.90 Å². The number of nitrogens with zero attached hydrogens (tertiary/aromatic N) is 1. The van der Waals surface area contributed by atoms with Crippen molar-refractivity contribution in [2.24, 2.45) is 5.10 Å². The minimum absolute atomic E-state index is 0.0157. The first-order valence-corrected chi connectivity index (χ1v) is 9.37. The third-order valence-corrected chi connectivity index (χ3v) is 4.15. The molecule has 0 spiro atoms. The molecule has 0 aliphatic carbocycles. The van der Waals surface area contributed by atoms with Crippen LogP contribution in [-0.2, 0) is 4.79 Å². The van der Waals surface area contributed by atoms with Crippen LogP contribution in [0.1, 0.15) is 76.7 Å². The number of methoxy groups -OCH3 is 1. The van der Waals surface area contributed by atoms with E-state index < -0.39 is 0 Å². The lowest BCUT2D eigenvalue weighted by Crippen LogP contribution is -2.16. The lowest BCUT2D eigenvalue weighted by atomic mass is 10.1. The number of nitrogens with one attached hydrogen (secondary N) is 1. The normalized spacial score (nSPS) is 11.0. The van der Waals surface area contributed by atoms with Crippen molar-refractivity contribution in [1.82, 2.24) is 5.43 Å².